The summed E-state index contributed by atoms with van der Waals surface area (Å²) in [6.07, 6.45) is 0.750. The summed E-state index contributed by atoms with van der Waals surface area (Å²) in [6.45, 7) is 2.05. The predicted octanol–water partition coefficient (Wildman–Crippen LogP) is 4.60. The molecule has 1 nitrogen and oxygen atoms in total. The van der Waals surface area contributed by atoms with Crippen LogP contribution in [-0.4, -0.2) is 5.11 Å². The average molecular weight is 267 g/mol. The number of phenolic OH excluding ortho intramolecular Hbond substituents is 1. The topological polar surface area (TPSA) is 20.2 Å². The molecule has 0 unspecified atom stereocenters. The van der Waals surface area contributed by atoms with E-state index in [2.05, 4.69) is 31.2 Å². The summed E-state index contributed by atoms with van der Waals surface area (Å²) in [4.78, 5) is 0. The molecule has 0 bridgehead atoms. The first kappa shape index (κ1) is 12.3. The smallest absolute Gasteiger partial charge is 0.152 e. The van der Waals surface area contributed by atoms with Crippen LogP contribution in [0.4, 0.5) is 0 Å². The molecule has 0 amide bonds. The SMILES string of the molecule is Cc1ccc(Cc2cc(Cl)c(O)c(Cl)c2)cc1. The number of phenols is 1. The van der Waals surface area contributed by atoms with Crippen LogP contribution in [0.2, 0.25) is 10.0 Å². The van der Waals surface area contributed by atoms with Gasteiger partial charge in [-0.1, -0.05) is 53.0 Å². The molecule has 0 aromatic heterocycles. The second kappa shape index (κ2) is 4.99. The van der Waals surface area contributed by atoms with Crippen molar-refractivity contribution in [3.05, 3.63) is 63.1 Å². The molecule has 88 valence electrons. The van der Waals surface area contributed by atoms with E-state index in [0.717, 1.165) is 12.0 Å². The Morgan fingerprint density at radius 2 is 1.47 bits per heavy atom. The zero-order valence-corrected chi connectivity index (χ0v) is 10.9. The van der Waals surface area contributed by atoms with Gasteiger partial charge >= 0.3 is 0 Å². The first-order valence-electron chi connectivity index (χ1n) is 5.28. The molecule has 17 heavy (non-hydrogen) atoms. The standard InChI is InChI=1S/C14H12Cl2O/c1-9-2-4-10(5-3-9)6-11-7-12(15)14(17)13(16)8-11/h2-5,7-8,17H,6H2,1H3. The summed E-state index contributed by atoms with van der Waals surface area (Å²) in [5.74, 6) is -0.0546. The van der Waals surface area contributed by atoms with Gasteiger partial charge in [-0.25, -0.2) is 0 Å². The van der Waals surface area contributed by atoms with E-state index < -0.39 is 0 Å². The molecule has 2 rings (SSSR count). The van der Waals surface area contributed by atoms with Crippen LogP contribution in [0, 0.1) is 6.92 Å². The molecule has 3 heteroatoms. The molecule has 0 heterocycles. The average Bonchev–Trinajstić information content (AvgIpc) is 2.29. The van der Waals surface area contributed by atoms with Gasteiger partial charge in [0.05, 0.1) is 10.0 Å². The number of aryl methyl sites for hydroxylation is 1. The van der Waals surface area contributed by atoms with Gasteiger partial charge in [0.1, 0.15) is 0 Å². The second-order valence-electron chi connectivity index (χ2n) is 4.07. The van der Waals surface area contributed by atoms with Crippen LogP contribution in [0.15, 0.2) is 36.4 Å². The molecule has 0 saturated heterocycles. The lowest BCUT2D eigenvalue weighted by Crippen LogP contribution is -1.89. The van der Waals surface area contributed by atoms with Gasteiger partial charge in [0.15, 0.2) is 5.75 Å². The van der Waals surface area contributed by atoms with Crippen LogP contribution in [0.5, 0.6) is 5.75 Å². The van der Waals surface area contributed by atoms with E-state index >= 15 is 0 Å². The molecule has 0 aliphatic carbocycles. The Labute approximate surface area is 111 Å². The lowest BCUT2D eigenvalue weighted by Gasteiger charge is -2.06. The van der Waals surface area contributed by atoms with Gasteiger partial charge in [0.25, 0.3) is 0 Å². The highest BCUT2D eigenvalue weighted by atomic mass is 35.5. The maximum Gasteiger partial charge on any atom is 0.152 e. The number of benzene rings is 2. The van der Waals surface area contributed by atoms with Crippen LogP contribution in [0.3, 0.4) is 0 Å². The molecule has 0 fully saturated rings. The van der Waals surface area contributed by atoms with Crippen molar-refractivity contribution >= 4 is 23.2 Å². The Hall–Kier alpha value is -1.18. The summed E-state index contributed by atoms with van der Waals surface area (Å²) in [6, 6.07) is 11.8. The molecule has 0 aliphatic rings. The third kappa shape index (κ3) is 2.93. The first-order valence-corrected chi connectivity index (χ1v) is 6.04. The normalized spacial score (nSPS) is 10.5. The van der Waals surface area contributed by atoms with Crippen molar-refractivity contribution in [2.24, 2.45) is 0 Å². The molecule has 0 atom stereocenters. The van der Waals surface area contributed by atoms with Crippen LogP contribution in [0.1, 0.15) is 16.7 Å². The fourth-order valence-electron chi connectivity index (χ4n) is 1.66. The molecule has 0 saturated carbocycles. The Balaban J connectivity index is 2.27. The molecule has 0 radical (unpaired) electrons. The third-order valence-corrected chi connectivity index (χ3v) is 3.18. The molecule has 2 aromatic carbocycles. The van der Waals surface area contributed by atoms with Gasteiger partial charge in [-0.05, 0) is 36.6 Å². The van der Waals surface area contributed by atoms with Crippen LogP contribution in [0.25, 0.3) is 0 Å². The van der Waals surface area contributed by atoms with Gasteiger partial charge in [0.2, 0.25) is 0 Å². The zero-order valence-electron chi connectivity index (χ0n) is 9.37. The molecule has 1 N–H and O–H groups in total. The molecule has 0 spiro atoms. The highest BCUT2D eigenvalue weighted by Gasteiger charge is 2.07. The van der Waals surface area contributed by atoms with E-state index in [9.17, 15) is 5.11 Å². The molecular formula is C14H12Cl2O. The number of halogens is 2. The maximum absolute atomic E-state index is 9.47. The minimum atomic E-state index is -0.0546. The van der Waals surface area contributed by atoms with E-state index in [1.54, 1.807) is 12.1 Å². The second-order valence-corrected chi connectivity index (χ2v) is 4.88. The minimum absolute atomic E-state index is 0.0546. The van der Waals surface area contributed by atoms with Crippen molar-refractivity contribution in [1.29, 1.82) is 0 Å². The number of aromatic hydroxyl groups is 1. The van der Waals surface area contributed by atoms with Crippen molar-refractivity contribution in [3.8, 4) is 5.75 Å². The lowest BCUT2D eigenvalue weighted by atomic mass is 10.0. The van der Waals surface area contributed by atoms with Crippen molar-refractivity contribution in [3.63, 3.8) is 0 Å². The fraction of sp³-hybridized carbons (Fsp3) is 0.143. The van der Waals surface area contributed by atoms with Crippen molar-refractivity contribution in [1.82, 2.24) is 0 Å². The van der Waals surface area contributed by atoms with Crippen molar-refractivity contribution < 1.29 is 5.11 Å². The van der Waals surface area contributed by atoms with E-state index in [1.807, 2.05) is 0 Å². The summed E-state index contributed by atoms with van der Waals surface area (Å²) in [5.41, 5.74) is 3.41. The summed E-state index contributed by atoms with van der Waals surface area (Å²) in [7, 11) is 0. The zero-order chi connectivity index (χ0) is 12.4. The van der Waals surface area contributed by atoms with E-state index in [4.69, 9.17) is 23.2 Å². The monoisotopic (exact) mass is 266 g/mol. The summed E-state index contributed by atoms with van der Waals surface area (Å²) < 4.78 is 0. The Morgan fingerprint density at radius 1 is 0.941 bits per heavy atom. The third-order valence-electron chi connectivity index (χ3n) is 2.61. The lowest BCUT2D eigenvalue weighted by molar-refractivity contribution is 0.475. The largest absolute Gasteiger partial charge is 0.505 e. The van der Waals surface area contributed by atoms with Crippen LogP contribution in [-0.2, 0) is 6.42 Å². The number of hydrogen-bond donors (Lipinski definition) is 1. The number of hydrogen-bond acceptors (Lipinski definition) is 1. The molecule has 0 aliphatic heterocycles. The van der Waals surface area contributed by atoms with Crippen molar-refractivity contribution in [2.75, 3.05) is 0 Å². The van der Waals surface area contributed by atoms with E-state index in [0.29, 0.717) is 10.0 Å². The minimum Gasteiger partial charge on any atom is -0.505 e. The summed E-state index contributed by atoms with van der Waals surface area (Å²) >= 11 is 11.8. The van der Waals surface area contributed by atoms with Gasteiger partial charge in [0, 0.05) is 0 Å². The Kier molecular flexibility index (Phi) is 3.60. The first-order chi connectivity index (χ1) is 8.06. The van der Waals surface area contributed by atoms with Gasteiger partial charge < -0.3 is 5.11 Å². The highest BCUT2D eigenvalue weighted by molar-refractivity contribution is 6.37. The maximum atomic E-state index is 9.47. The van der Waals surface area contributed by atoms with Gasteiger partial charge in [-0.2, -0.15) is 0 Å². The highest BCUT2D eigenvalue weighted by Crippen LogP contribution is 2.33. The van der Waals surface area contributed by atoms with E-state index in [1.165, 1.54) is 11.1 Å². The predicted molar refractivity (Wildman–Crippen MR) is 72.1 cm³/mol. The number of rotatable bonds is 2. The molecular weight excluding hydrogens is 255 g/mol. The molecule has 2 aromatic rings. The van der Waals surface area contributed by atoms with Crippen LogP contribution >= 0.6 is 23.2 Å². The van der Waals surface area contributed by atoms with Crippen LogP contribution < -0.4 is 0 Å². The van der Waals surface area contributed by atoms with Gasteiger partial charge in [-0.3, -0.25) is 0 Å². The van der Waals surface area contributed by atoms with E-state index in [-0.39, 0.29) is 5.75 Å². The summed E-state index contributed by atoms with van der Waals surface area (Å²) in [5, 5.41) is 10.1. The Bertz CT molecular complexity index is 509. The fourth-order valence-corrected chi connectivity index (χ4v) is 2.19. The van der Waals surface area contributed by atoms with Gasteiger partial charge in [-0.15, -0.1) is 0 Å². The quantitative estimate of drug-likeness (QED) is 0.843. The van der Waals surface area contributed by atoms with Crippen molar-refractivity contribution in [2.45, 2.75) is 13.3 Å². The Morgan fingerprint density at radius 3 is 2.00 bits per heavy atom.